The summed E-state index contributed by atoms with van der Waals surface area (Å²) < 4.78 is 46.1. The largest absolute Gasteiger partial charge is 0.418 e. The predicted molar refractivity (Wildman–Crippen MR) is 108 cm³/mol. The number of alkyl halides is 3. The van der Waals surface area contributed by atoms with Crippen LogP contribution in [0.25, 0.3) is 0 Å². The lowest BCUT2D eigenvalue weighted by Crippen LogP contribution is -2.49. The zero-order chi connectivity index (χ0) is 22.7. The molecule has 7 nitrogen and oxygen atoms in total. The Hall–Kier alpha value is -2.17. The van der Waals surface area contributed by atoms with E-state index in [-0.39, 0.29) is 43.1 Å². The van der Waals surface area contributed by atoms with E-state index >= 15 is 0 Å². The number of hydrogen-bond donors (Lipinski definition) is 2. The fourth-order valence-corrected chi connectivity index (χ4v) is 3.40. The number of rotatable bonds is 6. The molecule has 10 heteroatoms. The quantitative estimate of drug-likeness (QED) is 0.723. The molecule has 0 radical (unpaired) electrons. The van der Waals surface area contributed by atoms with E-state index in [9.17, 15) is 22.8 Å². The second kappa shape index (κ2) is 9.32. The molecule has 2 amide bonds. The van der Waals surface area contributed by atoms with Crippen LogP contribution in [0.3, 0.4) is 0 Å². The minimum Gasteiger partial charge on any atom is -0.370 e. The minimum atomic E-state index is -4.72. The second-order valence-corrected chi connectivity index (χ2v) is 8.54. The molecule has 3 N–H and O–H groups in total. The standard InChI is InChI=1S/C20H29F3N4O3/c1-19(2,3)12-26(4)16(10-24)18(29)25-15-6-5-13(9-14(15)20(21,22)23)27-7-8-30-11-17(27)28/h5-6,9,16H,7-8,10-12,24H2,1-4H3,(H,25,29)/t16-/m0/s1. The predicted octanol–water partition coefficient (Wildman–Crippen LogP) is 2.31. The third kappa shape index (κ3) is 6.16. The lowest BCUT2D eigenvalue weighted by Gasteiger charge is -2.32. The van der Waals surface area contributed by atoms with Gasteiger partial charge in [-0.05, 0) is 30.7 Å². The van der Waals surface area contributed by atoms with Gasteiger partial charge >= 0.3 is 6.18 Å². The van der Waals surface area contributed by atoms with Crippen LogP contribution in [0.5, 0.6) is 0 Å². The number of morpholine rings is 1. The number of carbonyl (C=O) groups is 2. The maximum atomic E-state index is 13.7. The van der Waals surface area contributed by atoms with Gasteiger partial charge in [-0.1, -0.05) is 20.8 Å². The number of benzene rings is 1. The molecule has 1 heterocycles. The number of hydrogen-bond acceptors (Lipinski definition) is 5. The van der Waals surface area contributed by atoms with Crippen LogP contribution >= 0.6 is 0 Å². The highest BCUT2D eigenvalue weighted by Crippen LogP contribution is 2.37. The summed E-state index contributed by atoms with van der Waals surface area (Å²) in [6.45, 7) is 6.68. The normalized spacial score (nSPS) is 16.7. The molecule has 0 saturated carbocycles. The van der Waals surface area contributed by atoms with Crippen LogP contribution in [0, 0.1) is 5.41 Å². The van der Waals surface area contributed by atoms with Crippen LogP contribution in [0.15, 0.2) is 18.2 Å². The van der Waals surface area contributed by atoms with Gasteiger partial charge in [0.2, 0.25) is 5.91 Å². The topological polar surface area (TPSA) is 87.9 Å². The smallest absolute Gasteiger partial charge is 0.370 e. The number of amides is 2. The van der Waals surface area contributed by atoms with Crippen LogP contribution in [0.1, 0.15) is 26.3 Å². The van der Waals surface area contributed by atoms with Gasteiger partial charge in [-0.15, -0.1) is 0 Å². The van der Waals surface area contributed by atoms with Gasteiger partial charge in [0.05, 0.1) is 17.9 Å². The fraction of sp³-hybridized carbons (Fsp3) is 0.600. The number of ether oxygens (including phenoxy) is 1. The lowest BCUT2D eigenvalue weighted by atomic mass is 9.95. The molecule has 2 rings (SSSR count). The van der Waals surface area contributed by atoms with E-state index in [1.807, 2.05) is 20.8 Å². The Balaban J connectivity index is 2.29. The molecule has 1 fully saturated rings. The van der Waals surface area contributed by atoms with Crippen molar-refractivity contribution in [2.45, 2.75) is 33.0 Å². The van der Waals surface area contributed by atoms with Crippen molar-refractivity contribution >= 4 is 23.2 Å². The number of carbonyl (C=O) groups excluding carboxylic acids is 2. The highest BCUT2D eigenvalue weighted by atomic mass is 19.4. The van der Waals surface area contributed by atoms with E-state index in [4.69, 9.17) is 10.5 Å². The first-order chi connectivity index (χ1) is 13.8. The Morgan fingerprint density at radius 1 is 1.33 bits per heavy atom. The van der Waals surface area contributed by atoms with Gasteiger partial charge in [0.1, 0.15) is 12.6 Å². The molecule has 168 valence electrons. The van der Waals surface area contributed by atoms with Crippen LogP contribution in [0.2, 0.25) is 0 Å². The van der Waals surface area contributed by atoms with E-state index in [0.717, 1.165) is 12.1 Å². The summed E-state index contributed by atoms with van der Waals surface area (Å²) in [5.41, 5.74) is 4.31. The van der Waals surface area contributed by atoms with Crippen molar-refractivity contribution in [3.8, 4) is 0 Å². The Morgan fingerprint density at radius 2 is 2.00 bits per heavy atom. The Bertz CT molecular complexity index is 778. The number of likely N-dealkylation sites (N-methyl/N-ethyl adjacent to an activating group) is 1. The molecule has 1 atom stereocenters. The molecule has 1 aromatic rings. The Morgan fingerprint density at radius 3 is 2.53 bits per heavy atom. The van der Waals surface area contributed by atoms with Crippen LogP contribution < -0.4 is 16.0 Å². The first kappa shape index (κ1) is 24.1. The molecule has 1 aliphatic heterocycles. The van der Waals surface area contributed by atoms with Crippen molar-refractivity contribution < 1.29 is 27.5 Å². The molecule has 0 spiro atoms. The average Bonchev–Trinajstić information content (AvgIpc) is 2.60. The van der Waals surface area contributed by atoms with Crippen molar-refractivity contribution in [2.24, 2.45) is 11.1 Å². The molecular formula is C20H29F3N4O3. The fourth-order valence-electron chi connectivity index (χ4n) is 3.40. The molecule has 0 unspecified atom stereocenters. The summed E-state index contributed by atoms with van der Waals surface area (Å²) in [6, 6.07) is 2.63. The SMILES string of the molecule is CN(CC(C)(C)C)[C@@H](CN)C(=O)Nc1ccc(N2CCOCC2=O)cc1C(F)(F)F. The molecule has 0 aliphatic carbocycles. The highest BCUT2D eigenvalue weighted by Gasteiger charge is 2.36. The number of halogens is 3. The van der Waals surface area contributed by atoms with E-state index in [0.29, 0.717) is 6.54 Å². The van der Waals surface area contributed by atoms with Gasteiger partial charge in [0, 0.05) is 25.3 Å². The molecular weight excluding hydrogens is 401 g/mol. The van der Waals surface area contributed by atoms with E-state index in [2.05, 4.69) is 5.32 Å². The number of nitrogens with one attached hydrogen (secondary N) is 1. The first-order valence-electron chi connectivity index (χ1n) is 9.64. The maximum absolute atomic E-state index is 13.7. The average molecular weight is 430 g/mol. The first-order valence-corrected chi connectivity index (χ1v) is 9.64. The van der Waals surface area contributed by atoms with Crippen molar-refractivity contribution in [3.05, 3.63) is 23.8 Å². The number of nitrogens with zero attached hydrogens (tertiary/aromatic N) is 2. The highest BCUT2D eigenvalue weighted by molar-refractivity contribution is 5.97. The van der Waals surface area contributed by atoms with E-state index in [1.165, 1.54) is 11.0 Å². The van der Waals surface area contributed by atoms with Gasteiger partial charge in [0.25, 0.3) is 5.91 Å². The Labute approximate surface area is 174 Å². The zero-order valence-corrected chi connectivity index (χ0v) is 17.7. The molecule has 1 saturated heterocycles. The molecule has 30 heavy (non-hydrogen) atoms. The summed E-state index contributed by atoms with van der Waals surface area (Å²) in [6.07, 6.45) is -4.72. The summed E-state index contributed by atoms with van der Waals surface area (Å²) in [5.74, 6) is -1.04. The third-order valence-electron chi connectivity index (χ3n) is 4.65. The summed E-state index contributed by atoms with van der Waals surface area (Å²) in [5, 5.41) is 2.37. The van der Waals surface area contributed by atoms with Crippen molar-refractivity contribution in [2.75, 3.05) is 50.1 Å². The van der Waals surface area contributed by atoms with Crippen LogP contribution in [-0.4, -0.2) is 62.7 Å². The van der Waals surface area contributed by atoms with Crippen LogP contribution in [-0.2, 0) is 20.5 Å². The van der Waals surface area contributed by atoms with Gasteiger partial charge in [0.15, 0.2) is 0 Å². The van der Waals surface area contributed by atoms with Crippen molar-refractivity contribution in [1.82, 2.24) is 4.90 Å². The Kier molecular flexibility index (Phi) is 7.49. The number of anilines is 2. The summed E-state index contributed by atoms with van der Waals surface area (Å²) in [4.78, 5) is 27.6. The molecule has 0 aromatic heterocycles. The monoisotopic (exact) mass is 430 g/mol. The lowest BCUT2D eigenvalue weighted by molar-refractivity contribution is -0.137. The molecule has 0 bridgehead atoms. The van der Waals surface area contributed by atoms with Gasteiger partial charge in [-0.3, -0.25) is 14.5 Å². The molecule has 1 aliphatic rings. The zero-order valence-electron chi connectivity index (χ0n) is 17.7. The maximum Gasteiger partial charge on any atom is 0.418 e. The van der Waals surface area contributed by atoms with Gasteiger partial charge < -0.3 is 20.7 Å². The van der Waals surface area contributed by atoms with Gasteiger partial charge in [-0.2, -0.15) is 13.2 Å². The van der Waals surface area contributed by atoms with Gasteiger partial charge in [-0.25, -0.2) is 0 Å². The van der Waals surface area contributed by atoms with Crippen LogP contribution in [0.4, 0.5) is 24.5 Å². The second-order valence-electron chi connectivity index (χ2n) is 8.54. The van der Waals surface area contributed by atoms with E-state index < -0.39 is 29.6 Å². The third-order valence-corrected chi connectivity index (χ3v) is 4.65. The molecule has 1 aromatic carbocycles. The summed E-state index contributed by atoms with van der Waals surface area (Å²) in [7, 11) is 1.71. The van der Waals surface area contributed by atoms with Crippen molar-refractivity contribution in [1.29, 1.82) is 0 Å². The summed E-state index contributed by atoms with van der Waals surface area (Å²) >= 11 is 0. The minimum absolute atomic E-state index is 0.0415. The number of nitrogens with two attached hydrogens (primary N) is 1. The van der Waals surface area contributed by atoms with E-state index in [1.54, 1.807) is 11.9 Å². The van der Waals surface area contributed by atoms with Crippen molar-refractivity contribution in [3.63, 3.8) is 0 Å².